The van der Waals surface area contributed by atoms with Crippen LogP contribution in [0.3, 0.4) is 0 Å². The summed E-state index contributed by atoms with van der Waals surface area (Å²) in [5.74, 6) is 2.03. The molecule has 5 rings (SSSR count). The van der Waals surface area contributed by atoms with Crippen LogP contribution < -0.4 is 0 Å². The summed E-state index contributed by atoms with van der Waals surface area (Å²) in [6, 6.07) is 10.5. The molecule has 7 heteroatoms. The number of hydrogen-bond donors (Lipinski definition) is 1. The van der Waals surface area contributed by atoms with E-state index >= 15 is 0 Å². The lowest BCUT2D eigenvalue weighted by Gasteiger charge is -2.39. The molecular formula is C33H44N4O3. The second-order valence-electron chi connectivity index (χ2n) is 12.9. The number of aromatic nitrogens is 1. The van der Waals surface area contributed by atoms with Gasteiger partial charge in [-0.3, -0.25) is 9.78 Å². The predicted molar refractivity (Wildman–Crippen MR) is 155 cm³/mol. The zero-order valence-electron chi connectivity index (χ0n) is 24.7. The first-order valence-electron chi connectivity index (χ1n) is 15.1. The molecule has 1 N–H and O–H groups in total. The van der Waals surface area contributed by atoms with Crippen molar-refractivity contribution in [1.82, 2.24) is 9.88 Å². The summed E-state index contributed by atoms with van der Waals surface area (Å²) in [7, 11) is 0. The minimum absolute atomic E-state index is 0.194. The summed E-state index contributed by atoms with van der Waals surface area (Å²) in [6.45, 7) is 11.6. The van der Waals surface area contributed by atoms with Gasteiger partial charge in [0.1, 0.15) is 12.6 Å². The highest BCUT2D eigenvalue weighted by Gasteiger charge is 2.50. The summed E-state index contributed by atoms with van der Waals surface area (Å²) in [4.78, 5) is 32.0. The maximum Gasteiger partial charge on any atom is 0.336 e. The maximum absolute atomic E-state index is 13.5. The number of likely N-dealkylation sites (tertiary alicyclic amines) is 1. The van der Waals surface area contributed by atoms with Crippen LogP contribution >= 0.6 is 0 Å². The number of carbonyl (C=O) groups is 2. The number of fused-ring (bicyclic) bond motifs is 1. The lowest BCUT2D eigenvalue weighted by Crippen LogP contribution is -2.39. The first kappa shape index (κ1) is 28.4. The number of aryl methyl sites for hydroxylation is 1. The standard InChI is InChI=1S/C33H44N4O3/c1-20(2)30(36-34)28-11-9-26-18-24(8-10-27(26)35-28)7-6-21(3)22(4)25-12-14-33(15-13-25)16-17-37(32(33)39)29-19-40-31(38)23(29)5/h8-11,18,20-22,25,30,34H,6-7,12-17,19H2,1-5H3. The SMILES string of the molecule is CC1=C(N2CCC3(CCC(C(C)C(C)CCc4ccc5nc(C(N=N)C(C)C)ccc5c4)CC3)C2=O)COC1=O. The van der Waals surface area contributed by atoms with E-state index in [1.54, 1.807) is 6.92 Å². The number of pyridine rings is 1. The Labute approximate surface area is 238 Å². The molecule has 1 aromatic carbocycles. The molecule has 0 radical (unpaired) electrons. The fourth-order valence-electron chi connectivity index (χ4n) is 7.20. The molecule has 1 spiro atoms. The molecule has 1 amide bonds. The highest BCUT2D eigenvalue weighted by Crippen LogP contribution is 2.50. The molecule has 2 aliphatic heterocycles. The molecular weight excluding hydrogens is 500 g/mol. The summed E-state index contributed by atoms with van der Waals surface area (Å²) >= 11 is 0. The van der Waals surface area contributed by atoms with Gasteiger partial charge < -0.3 is 9.64 Å². The van der Waals surface area contributed by atoms with Crippen molar-refractivity contribution in [1.29, 1.82) is 5.53 Å². The molecule has 0 bridgehead atoms. The Morgan fingerprint density at radius 2 is 1.85 bits per heavy atom. The molecule has 1 saturated carbocycles. The Morgan fingerprint density at radius 3 is 2.50 bits per heavy atom. The molecule has 40 heavy (non-hydrogen) atoms. The lowest BCUT2D eigenvalue weighted by atomic mass is 9.65. The molecule has 3 heterocycles. The van der Waals surface area contributed by atoms with E-state index < -0.39 is 0 Å². The Kier molecular flexibility index (Phi) is 8.12. The maximum atomic E-state index is 13.5. The number of nitrogens with zero attached hydrogens (tertiary/aromatic N) is 3. The van der Waals surface area contributed by atoms with Crippen molar-refractivity contribution in [2.75, 3.05) is 13.2 Å². The minimum Gasteiger partial charge on any atom is -0.456 e. The van der Waals surface area contributed by atoms with Crippen LogP contribution in [0.2, 0.25) is 0 Å². The molecule has 1 saturated heterocycles. The van der Waals surface area contributed by atoms with Crippen molar-refractivity contribution >= 4 is 22.8 Å². The fourth-order valence-corrected chi connectivity index (χ4v) is 7.20. The number of benzene rings is 1. The zero-order chi connectivity index (χ0) is 28.6. The Bertz CT molecular complexity index is 1320. The van der Waals surface area contributed by atoms with Gasteiger partial charge in [0, 0.05) is 11.9 Å². The Balaban J connectivity index is 1.15. The van der Waals surface area contributed by atoms with E-state index in [4.69, 9.17) is 15.3 Å². The molecule has 1 aliphatic carbocycles. The van der Waals surface area contributed by atoms with Crippen molar-refractivity contribution in [3.63, 3.8) is 0 Å². The number of ether oxygens (including phenoxy) is 1. The minimum atomic E-state index is -0.291. The van der Waals surface area contributed by atoms with Crippen molar-refractivity contribution in [3.05, 3.63) is 52.9 Å². The Morgan fingerprint density at radius 1 is 1.10 bits per heavy atom. The molecule has 7 nitrogen and oxygen atoms in total. The number of carbonyl (C=O) groups excluding carboxylic acids is 2. The van der Waals surface area contributed by atoms with Crippen LogP contribution in [0.4, 0.5) is 0 Å². The van der Waals surface area contributed by atoms with Crippen molar-refractivity contribution in [2.45, 2.75) is 85.6 Å². The third kappa shape index (κ3) is 5.31. The molecule has 214 valence electrons. The van der Waals surface area contributed by atoms with Gasteiger partial charge in [-0.25, -0.2) is 10.3 Å². The highest BCUT2D eigenvalue weighted by molar-refractivity contribution is 5.94. The van der Waals surface area contributed by atoms with Gasteiger partial charge in [-0.2, -0.15) is 5.11 Å². The van der Waals surface area contributed by atoms with Crippen LogP contribution in [-0.4, -0.2) is 34.9 Å². The van der Waals surface area contributed by atoms with Crippen LogP contribution in [0.25, 0.3) is 10.9 Å². The summed E-state index contributed by atoms with van der Waals surface area (Å²) < 4.78 is 5.17. The predicted octanol–water partition coefficient (Wildman–Crippen LogP) is 7.41. The quantitative estimate of drug-likeness (QED) is 0.263. The van der Waals surface area contributed by atoms with Gasteiger partial charge in [0.2, 0.25) is 5.91 Å². The van der Waals surface area contributed by atoms with Gasteiger partial charge >= 0.3 is 5.97 Å². The van der Waals surface area contributed by atoms with Crippen LogP contribution in [0.5, 0.6) is 0 Å². The molecule has 3 aliphatic rings. The third-order valence-corrected chi connectivity index (χ3v) is 10.3. The van der Waals surface area contributed by atoms with E-state index in [-0.39, 0.29) is 35.9 Å². The first-order chi connectivity index (χ1) is 19.1. The topological polar surface area (TPSA) is 95.7 Å². The smallest absolute Gasteiger partial charge is 0.336 e. The summed E-state index contributed by atoms with van der Waals surface area (Å²) in [6.07, 6.45) is 7.18. The van der Waals surface area contributed by atoms with Crippen molar-refractivity contribution in [3.8, 4) is 0 Å². The van der Waals surface area contributed by atoms with Gasteiger partial charge in [-0.1, -0.05) is 39.8 Å². The number of cyclic esters (lactones) is 1. The summed E-state index contributed by atoms with van der Waals surface area (Å²) in [5, 5.41) is 4.93. The number of hydrogen-bond acceptors (Lipinski definition) is 6. The largest absolute Gasteiger partial charge is 0.456 e. The molecule has 3 atom stereocenters. The zero-order valence-corrected chi connectivity index (χ0v) is 24.7. The van der Waals surface area contributed by atoms with E-state index in [9.17, 15) is 9.59 Å². The monoisotopic (exact) mass is 544 g/mol. The highest BCUT2D eigenvalue weighted by atomic mass is 16.5. The number of rotatable bonds is 9. The number of esters is 1. The second kappa shape index (κ2) is 11.4. The summed E-state index contributed by atoms with van der Waals surface area (Å²) in [5.41, 5.74) is 11.8. The van der Waals surface area contributed by atoms with E-state index in [0.717, 1.165) is 67.2 Å². The van der Waals surface area contributed by atoms with Gasteiger partial charge in [0.25, 0.3) is 0 Å². The lowest BCUT2D eigenvalue weighted by molar-refractivity contribution is -0.138. The van der Waals surface area contributed by atoms with Crippen LogP contribution in [0.1, 0.15) is 90.4 Å². The van der Waals surface area contributed by atoms with Crippen molar-refractivity contribution in [2.24, 2.45) is 34.2 Å². The van der Waals surface area contributed by atoms with E-state index in [1.807, 2.05) is 11.0 Å². The normalized spacial score (nSPS) is 25.6. The average Bonchev–Trinajstić information content (AvgIpc) is 3.44. The van der Waals surface area contributed by atoms with Gasteiger partial charge in [-0.15, -0.1) is 0 Å². The Hall–Kier alpha value is -3.09. The van der Waals surface area contributed by atoms with Gasteiger partial charge in [0.05, 0.1) is 27.9 Å². The van der Waals surface area contributed by atoms with Gasteiger partial charge in [-0.05, 0) is 99.3 Å². The van der Waals surface area contributed by atoms with Crippen LogP contribution in [0, 0.1) is 34.6 Å². The van der Waals surface area contributed by atoms with E-state index in [2.05, 4.69) is 57.1 Å². The van der Waals surface area contributed by atoms with Crippen LogP contribution in [0.15, 0.2) is 46.7 Å². The van der Waals surface area contributed by atoms with E-state index in [0.29, 0.717) is 29.9 Å². The molecule has 2 aromatic rings. The molecule has 1 aromatic heterocycles. The van der Waals surface area contributed by atoms with Crippen LogP contribution in [-0.2, 0) is 20.7 Å². The third-order valence-electron chi connectivity index (χ3n) is 10.3. The van der Waals surface area contributed by atoms with Gasteiger partial charge in [0.15, 0.2) is 0 Å². The fraction of sp³-hybridized carbons (Fsp3) is 0.606. The van der Waals surface area contributed by atoms with E-state index in [1.165, 1.54) is 5.56 Å². The number of nitrogens with one attached hydrogen (secondary N) is 1. The first-order valence-corrected chi connectivity index (χ1v) is 15.1. The number of amides is 1. The molecule has 2 fully saturated rings. The van der Waals surface area contributed by atoms with Crippen molar-refractivity contribution < 1.29 is 14.3 Å². The average molecular weight is 545 g/mol. The second-order valence-corrected chi connectivity index (χ2v) is 12.9. The molecule has 3 unspecified atom stereocenters.